The first-order chi connectivity index (χ1) is 10.1. The van der Waals surface area contributed by atoms with Crippen molar-refractivity contribution in [1.29, 1.82) is 0 Å². The molecule has 116 valence electrons. The average molecular weight is 294 g/mol. The third-order valence-electron chi connectivity index (χ3n) is 3.87. The number of hydrogen-bond acceptors (Lipinski definition) is 7. The first kappa shape index (κ1) is 15.4. The van der Waals surface area contributed by atoms with Gasteiger partial charge in [-0.05, 0) is 32.9 Å². The molecule has 21 heavy (non-hydrogen) atoms. The predicted octanol–water partition coefficient (Wildman–Crippen LogP) is 1.63. The fourth-order valence-corrected chi connectivity index (χ4v) is 2.78. The van der Waals surface area contributed by atoms with Crippen molar-refractivity contribution in [1.82, 2.24) is 14.9 Å². The summed E-state index contributed by atoms with van der Waals surface area (Å²) in [7, 11) is 1.69. The van der Waals surface area contributed by atoms with Gasteiger partial charge >= 0.3 is 5.69 Å². The van der Waals surface area contributed by atoms with Crippen LogP contribution in [-0.2, 0) is 0 Å². The molecule has 0 saturated carbocycles. The Hall–Kier alpha value is -1.96. The number of nitro groups is 1. The van der Waals surface area contributed by atoms with Gasteiger partial charge in [-0.2, -0.15) is 4.98 Å². The van der Waals surface area contributed by atoms with Gasteiger partial charge in [0.1, 0.15) is 5.69 Å². The highest BCUT2D eigenvalue weighted by Gasteiger charge is 2.26. The maximum absolute atomic E-state index is 11.2. The normalized spacial score (nSPS) is 18.7. The quantitative estimate of drug-likeness (QED) is 0.608. The molecular weight excluding hydrogens is 272 g/mol. The second kappa shape index (κ2) is 6.66. The molecule has 1 atom stereocenters. The molecule has 1 saturated heterocycles. The number of aryl methyl sites for hydroxylation is 1. The lowest BCUT2D eigenvalue weighted by molar-refractivity contribution is -0.385. The third-order valence-corrected chi connectivity index (χ3v) is 3.87. The van der Waals surface area contributed by atoms with E-state index in [-0.39, 0.29) is 5.69 Å². The number of aromatic nitrogens is 2. The van der Waals surface area contributed by atoms with E-state index in [1.807, 2.05) is 0 Å². The molecule has 1 aliphatic rings. The standard InChI is InChI=1S/C13H22N6O2/c1-4-18-7-5-6-10(18)8-15-12-11(19(20)21)9(2)16-13(14-3)17-12/h10H,4-8H2,1-3H3,(H2,14,15,16,17). The van der Waals surface area contributed by atoms with Gasteiger partial charge in [0.2, 0.25) is 11.8 Å². The van der Waals surface area contributed by atoms with Crippen molar-refractivity contribution in [3.8, 4) is 0 Å². The van der Waals surface area contributed by atoms with E-state index in [4.69, 9.17) is 0 Å². The Balaban J connectivity index is 2.18. The van der Waals surface area contributed by atoms with E-state index in [0.717, 1.165) is 19.5 Å². The molecule has 0 bridgehead atoms. The Morgan fingerprint density at radius 2 is 2.24 bits per heavy atom. The maximum atomic E-state index is 11.2. The van der Waals surface area contributed by atoms with Crippen LogP contribution in [0.25, 0.3) is 0 Å². The van der Waals surface area contributed by atoms with E-state index in [2.05, 4.69) is 32.4 Å². The van der Waals surface area contributed by atoms with Crippen molar-refractivity contribution in [2.45, 2.75) is 32.7 Å². The highest BCUT2D eigenvalue weighted by atomic mass is 16.6. The Morgan fingerprint density at radius 3 is 2.86 bits per heavy atom. The summed E-state index contributed by atoms with van der Waals surface area (Å²) in [5.41, 5.74) is 0.315. The van der Waals surface area contributed by atoms with Crippen LogP contribution in [0.15, 0.2) is 0 Å². The van der Waals surface area contributed by atoms with Crippen molar-refractivity contribution in [2.75, 3.05) is 37.3 Å². The first-order valence-electron chi connectivity index (χ1n) is 7.25. The molecule has 8 nitrogen and oxygen atoms in total. The van der Waals surface area contributed by atoms with E-state index in [9.17, 15) is 10.1 Å². The van der Waals surface area contributed by atoms with Crippen molar-refractivity contribution >= 4 is 17.5 Å². The van der Waals surface area contributed by atoms with Gasteiger partial charge in [-0.3, -0.25) is 15.0 Å². The number of anilines is 2. The molecule has 8 heteroatoms. The zero-order valence-corrected chi connectivity index (χ0v) is 12.7. The Labute approximate surface area is 124 Å². The first-order valence-corrected chi connectivity index (χ1v) is 7.25. The number of rotatable bonds is 6. The van der Waals surface area contributed by atoms with Crippen LogP contribution in [0.3, 0.4) is 0 Å². The molecule has 0 amide bonds. The van der Waals surface area contributed by atoms with E-state index in [1.165, 1.54) is 6.42 Å². The van der Waals surface area contributed by atoms with Gasteiger partial charge in [-0.1, -0.05) is 6.92 Å². The Kier molecular flexibility index (Phi) is 4.89. The van der Waals surface area contributed by atoms with Gasteiger partial charge in [0.15, 0.2) is 0 Å². The molecule has 2 N–H and O–H groups in total. The zero-order valence-electron chi connectivity index (χ0n) is 12.7. The molecule has 2 rings (SSSR count). The van der Waals surface area contributed by atoms with Gasteiger partial charge in [0.05, 0.1) is 4.92 Å². The second-order valence-corrected chi connectivity index (χ2v) is 5.14. The van der Waals surface area contributed by atoms with Gasteiger partial charge in [0, 0.05) is 19.6 Å². The summed E-state index contributed by atoms with van der Waals surface area (Å²) in [6, 6.07) is 0.405. The minimum atomic E-state index is -0.427. The van der Waals surface area contributed by atoms with Gasteiger partial charge in [-0.15, -0.1) is 0 Å². The molecule has 1 aliphatic heterocycles. The average Bonchev–Trinajstić information content (AvgIpc) is 2.91. The van der Waals surface area contributed by atoms with Crippen LogP contribution in [-0.4, -0.2) is 52.5 Å². The van der Waals surface area contributed by atoms with Gasteiger partial charge in [-0.25, -0.2) is 4.98 Å². The lowest BCUT2D eigenvalue weighted by atomic mass is 10.2. The number of nitrogens with one attached hydrogen (secondary N) is 2. The minimum absolute atomic E-state index is 0.0463. The number of hydrogen-bond donors (Lipinski definition) is 2. The summed E-state index contributed by atoms with van der Waals surface area (Å²) in [4.78, 5) is 21.4. The van der Waals surface area contributed by atoms with Crippen molar-refractivity contribution in [3.63, 3.8) is 0 Å². The third kappa shape index (κ3) is 3.38. The lowest BCUT2D eigenvalue weighted by Crippen LogP contribution is -2.35. The van der Waals surface area contributed by atoms with Crippen LogP contribution in [0, 0.1) is 17.0 Å². The van der Waals surface area contributed by atoms with E-state index in [0.29, 0.717) is 30.0 Å². The van der Waals surface area contributed by atoms with Gasteiger partial charge in [0.25, 0.3) is 0 Å². The van der Waals surface area contributed by atoms with Crippen molar-refractivity contribution in [3.05, 3.63) is 15.8 Å². The van der Waals surface area contributed by atoms with E-state index < -0.39 is 4.92 Å². The van der Waals surface area contributed by atoms with Crippen molar-refractivity contribution in [2.24, 2.45) is 0 Å². The largest absolute Gasteiger partial charge is 0.363 e. The molecular formula is C13H22N6O2. The van der Waals surface area contributed by atoms with Crippen LogP contribution in [0.5, 0.6) is 0 Å². The SMILES string of the molecule is CCN1CCCC1CNc1nc(NC)nc(C)c1[N+](=O)[O-]. The number of likely N-dealkylation sites (tertiary alicyclic amines) is 1. The molecule has 1 aromatic rings. The summed E-state index contributed by atoms with van der Waals surface area (Å²) < 4.78 is 0. The molecule has 0 aliphatic carbocycles. The zero-order chi connectivity index (χ0) is 15.4. The Morgan fingerprint density at radius 1 is 1.48 bits per heavy atom. The fourth-order valence-electron chi connectivity index (χ4n) is 2.78. The Bertz CT molecular complexity index is 522. The van der Waals surface area contributed by atoms with E-state index >= 15 is 0 Å². The highest BCUT2D eigenvalue weighted by Crippen LogP contribution is 2.27. The van der Waals surface area contributed by atoms with Crippen LogP contribution < -0.4 is 10.6 Å². The van der Waals surface area contributed by atoms with Gasteiger partial charge < -0.3 is 10.6 Å². The van der Waals surface area contributed by atoms with Crippen LogP contribution in [0.1, 0.15) is 25.5 Å². The van der Waals surface area contributed by atoms with Crippen LogP contribution >= 0.6 is 0 Å². The highest BCUT2D eigenvalue weighted by molar-refractivity contribution is 5.60. The molecule has 0 spiro atoms. The van der Waals surface area contributed by atoms with Crippen molar-refractivity contribution < 1.29 is 4.92 Å². The summed E-state index contributed by atoms with van der Waals surface area (Å²) in [5.74, 6) is 0.680. The summed E-state index contributed by atoms with van der Waals surface area (Å²) >= 11 is 0. The molecule has 1 aromatic heterocycles. The second-order valence-electron chi connectivity index (χ2n) is 5.14. The molecule has 0 aromatic carbocycles. The number of nitrogens with zero attached hydrogens (tertiary/aromatic N) is 4. The molecule has 1 fully saturated rings. The predicted molar refractivity (Wildman–Crippen MR) is 81.7 cm³/mol. The molecule has 1 unspecified atom stereocenters. The molecule has 2 heterocycles. The lowest BCUT2D eigenvalue weighted by Gasteiger charge is -2.23. The molecule has 0 radical (unpaired) electrons. The van der Waals surface area contributed by atoms with E-state index in [1.54, 1.807) is 14.0 Å². The minimum Gasteiger partial charge on any atom is -0.363 e. The topological polar surface area (TPSA) is 96.2 Å². The summed E-state index contributed by atoms with van der Waals surface area (Å²) in [6.07, 6.45) is 2.28. The summed E-state index contributed by atoms with van der Waals surface area (Å²) in [5, 5.41) is 17.2. The monoisotopic (exact) mass is 294 g/mol. The number of likely N-dealkylation sites (N-methyl/N-ethyl adjacent to an activating group) is 1. The summed E-state index contributed by atoms with van der Waals surface area (Å²) in [6.45, 7) is 6.51. The fraction of sp³-hybridized carbons (Fsp3) is 0.692. The maximum Gasteiger partial charge on any atom is 0.332 e. The van der Waals surface area contributed by atoms with Crippen LogP contribution in [0.4, 0.5) is 17.5 Å². The smallest absolute Gasteiger partial charge is 0.332 e. The van der Waals surface area contributed by atoms with Crippen LogP contribution in [0.2, 0.25) is 0 Å².